The van der Waals surface area contributed by atoms with Crippen LogP contribution in [0.1, 0.15) is 23.0 Å². The highest BCUT2D eigenvalue weighted by Gasteiger charge is 2.77. The highest BCUT2D eigenvalue weighted by molar-refractivity contribution is 7.20. The second-order valence-corrected chi connectivity index (χ2v) is 9.62. The topological polar surface area (TPSA) is 91.8 Å². The predicted octanol–water partition coefficient (Wildman–Crippen LogP) is 2.68. The van der Waals surface area contributed by atoms with Gasteiger partial charge in [0.1, 0.15) is 0 Å². The van der Waals surface area contributed by atoms with Gasteiger partial charge in [-0.05, 0) is 35.8 Å². The number of aromatic nitrogens is 1. The van der Waals surface area contributed by atoms with Crippen LogP contribution in [0.15, 0.2) is 24.5 Å². The maximum absolute atomic E-state index is 12.5. The number of hydrogen-bond acceptors (Lipinski definition) is 5. The van der Waals surface area contributed by atoms with E-state index in [1.165, 1.54) is 11.3 Å². The van der Waals surface area contributed by atoms with Crippen molar-refractivity contribution in [3.63, 3.8) is 0 Å². The van der Waals surface area contributed by atoms with Gasteiger partial charge in [-0.15, -0.1) is 11.3 Å². The quantitative estimate of drug-likeness (QED) is 0.804. The van der Waals surface area contributed by atoms with Crippen LogP contribution < -0.4 is 5.32 Å². The third-order valence-corrected chi connectivity index (χ3v) is 8.18. The summed E-state index contributed by atoms with van der Waals surface area (Å²) in [6, 6.07) is 3.81. The molecule has 2 saturated heterocycles. The molecular weight excluding hydrogens is 378 g/mol. The number of carbonyl (C=O) groups is 2. The minimum atomic E-state index is -0.832. The summed E-state index contributed by atoms with van der Waals surface area (Å²) in [6.07, 6.45) is 3.56. The molecule has 2 N–H and O–H groups in total. The van der Waals surface area contributed by atoms with E-state index in [1.807, 2.05) is 12.1 Å². The van der Waals surface area contributed by atoms with Crippen LogP contribution in [-0.4, -0.2) is 59.8 Å². The van der Waals surface area contributed by atoms with Gasteiger partial charge in [0.05, 0.1) is 22.8 Å². The van der Waals surface area contributed by atoms with Crippen LogP contribution in [0.3, 0.4) is 0 Å². The summed E-state index contributed by atoms with van der Waals surface area (Å²) in [7, 11) is 0. The number of fused-ring (bicyclic) bond motifs is 2. The third kappa shape index (κ3) is 2.47. The molecule has 3 fully saturated rings. The number of thiophene rings is 1. The molecule has 0 bridgehead atoms. The number of amides is 2. The van der Waals surface area contributed by atoms with Crippen molar-refractivity contribution in [1.82, 2.24) is 15.2 Å². The molecule has 0 radical (unpaired) electrons. The second kappa shape index (κ2) is 6.15. The van der Waals surface area contributed by atoms with Crippen molar-refractivity contribution in [3.05, 3.63) is 29.4 Å². The lowest BCUT2D eigenvalue weighted by Crippen LogP contribution is -2.51. The highest BCUT2D eigenvalue weighted by Crippen LogP contribution is 2.74. The van der Waals surface area contributed by atoms with E-state index in [4.69, 9.17) is 4.74 Å². The van der Waals surface area contributed by atoms with Crippen molar-refractivity contribution in [1.29, 1.82) is 0 Å². The molecule has 3 aliphatic rings. The molecule has 1 aliphatic carbocycles. The van der Waals surface area contributed by atoms with Crippen molar-refractivity contribution < 1.29 is 19.4 Å². The summed E-state index contributed by atoms with van der Waals surface area (Å²) in [5, 5.41) is 13.5. The fourth-order valence-electron chi connectivity index (χ4n) is 5.54. The van der Waals surface area contributed by atoms with Crippen LogP contribution in [0.5, 0.6) is 0 Å². The van der Waals surface area contributed by atoms with Crippen LogP contribution in [0, 0.1) is 22.7 Å². The van der Waals surface area contributed by atoms with E-state index < -0.39 is 6.09 Å². The van der Waals surface area contributed by atoms with Crippen molar-refractivity contribution in [2.75, 3.05) is 32.8 Å². The van der Waals surface area contributed by atoms with E-state index in [2.05, 4.69) is 17.2 Å². The molecule has 2 aliphatic heterocycles. The van der Waals surface area contributed by atoms with Crippen LogP contribution in [0.25, 0.3) is 10.1 Å². The number of rotatable bonds is 5. The van der Waals surface area contributed by atoms with Crippen molar-refractivity contribution in [2.24, 2.45) is 22.7 Å². The van der Waals surface area contributed by atoms with E-state index in [9.17, 15) is 14.7 Å². The number of ether oxygens (including phenoxy) is 1. The largest absolute Gasteiger partial charge is 0.465 e. The summed E-state index contributed by atoms with van der Waals surface area (Å²) in [5.41, 5.74) is 0.0622. The van der Waals surface area contributed by atoms with Gasteiger partial charge in [0, 0.05) is 42.9 Å². The molecule has 3 unspecified atom stereocenters. The van der Waals surface area contributed by atoms with Gasteiger partial charge in [-0.3, -0.25) is 9.78 Å². The molecule has 2 aromatic rings. The van der Waals surface area contributed by atoms with Gasteiger partial charge >= 0.3 is 6.09 Å². The van der Waals surface area contributed by atoms with E-state index in [0.717, 1.165) is 16.5 Å². The van der Waals surface area contributed by atoms with Crippen molar-refractivity contribution in [3.8, 4) is 0 Å². The summed E-state index contributed by atoms with van der Waals surface area (Å²) in [6.45, 7) is 5.43. The Morgan fingerprint density at radius 3 is 2.96 bits per heavy atom. The Morgan fingerprint density at radius 2 is 2.29 bits per heavy atom. The van der Waals surface area contributed by atoms with Crippen LogP contribution >= 0.6 is 11.3 Å². The number of pyridine rings is 1. The zero-order chi connectivity index (χ0) is 19.5. The first-order valence-corrected chi connectivity index (χ1v) is 10.4. The van der Waals surface area contributed by atoms with Crippen LogP contribution in [-0.2, 0) is 4.74 Å². The Balaban J connectivity index is 1.22. The SMILES string of the molecule is CC1(C23CN(C(=O)O)CC2C3CCNC(=O)c2cc3ccncc3s2)COC1. The van der Waals surface area contributed by atoms with Gasteiger partial charge in [-0.1, -0.05) is 6.92 Å². The zero-order valence-corrected chi connectivity index (χ0v) is 16.5. The molecule has 148 valence electrons. The average molecular weight is 401 g/mol. The van der Waals surface area contributed by atoms with Crippen molar-refractivity contribution in [2.45, 2.75) is 13.3 Å². The van der Waals surface area contributed by atoms with Gasteiger partial charge in [-0.25, -0.2) is 4.79 Å². The van der Waals surface area contributed by atoms with Gasteiger partial charge in [-0.2, -0.15) is 0 Å². The summed E-state index contributed by atoms with van der Waals surface area (Å²) in [4.78, 5) is 30.3. The van der Waals surface area contributed by atoms with E-state index in [1.54, 1.807) is 17.3 Å². The van der Waals surface area contributed by atoms with Crippen molar-refractivity contribution >= 4 is 33.4 Å². The number of carbonyl (C=O) groups excluding carboxylic acids is 1. The first kappa shape index (κ1) is 17.9. The molecule has 0 spiro atoms. The smallest absolute Gasteiger partial charge is 0.407 e. The Bertz CT molecular complexity index is 923. The number of nitrogens with one attached hydrogen (secondary N) is 1. The highest BCUT2D eigenvalue weighted by atomic mass is 32.1. The second-order valence-electron chi connectivity index (χ2n) is 8.54. The van der Waals surface area contributed by atoms with E-state index in [0.29, 0.717) is 49.6 Å². The van der Waals surface area contributed by atoms with Crippen LogP contribution in [0.2, 0.25) is 0 Å². The Kier molecular flexibility index (Phi) is 3.93. The Morgan fingerprint density at radius 1 is 1.46 bits per heavy atom. The molecule has 2 amide bonds. The van der Waals surface area contributed by atoms with Gasteiger partial charge in [0.2, 0.25) is 0 Å². The molecule has 2 aromatic heterocycles. The summed E-state index contributed by atoms with van der Waals surface area (Å²) < 4.78 is 6.49. The maximum Gasteiger partial charge on any atom is 0.407 e. The fraction of sp³-hybridized carbons (Fsp3) is 0.550. The molecule has 0 aromatic carbocycles. The minimum absolute atomic E-state index is 0.0116. The molecule has 4 heterocycles. The predicted molar refractivity (Wildman–Crippen MR) is 105 cm³/mol. The number of nitrogens with zero attached hydrogens (tertiary/aromatic N) is 2. The maximum atomic E-state index is 12.5. The minimum Gasteiger partial charge on any atom is -0.465 e. The Labute approximate surface area is 166 Å². The molecular formula is C20H23N3O4S. The monoisotopic (exact) mass is 401 g/mol. The van der Waals surface area contributed by atoms with Gasteiger partial charge < -0.3 is 20.1 Å². The lowest BCUT2D eigenvalue weighted by Gasteiger charge is -2.46. The molecule has 5 rings (SSSR count). The lowest BCUT2D eigenvalue weighted by molar-refractivity contribution is -0.148. The fourth-order valence-corrected chi connectivity index (χ4v) is 6.49. The zero-order valence-electron chi connectivity index (χ0n) is 15.7. The first-order valence-electron chi connectivity index (χ1n) is 9.62. The van der Waals surface area contributed by atoms with Gasteiger partial charge in [0.15, 0.2) is 0 Å². The number of piperidine rings is 1. The first-order chi connectivity index (χ1) is 13.4. The standard InChI is InChI=1S/C20H23N3O4S/c1-19(10-27-11-19)20-9-23(18(25)26)8-14(20)13(20)3-5-22-17(24)15-6-12-2-4-21-7-16(12)28-15/h2,4,6-7,13-14H,3,5,8-11H2,1H3,(H,22,24)(H,25,26). The van der Waals surface area contributed by atoms with Gasteiger partial charge in [0.25, 0.3) is 5.91 Å². The Hall–Kier alpha value is -2.19. The third-order valence-electron chi connectivity index (χ3n) is 7.09. The molecule has 3 atom stereocenters. The molecule has 7 nitrogen and oxygen atoms in total. The molecule has 8 heteroatoms. The number of carboxylic acid groups (broad SMARTS) is 1. The average Bonchev–Trinajstić information content (AvgIpc) is 3.03. The van der Waals surface area contributed by atoms with Crippen LogP contribution in [0.4, 0.5) is 4.79 Å². The molecule has 1 saturated carbocycles. The molecule has 28 heavy (non-hydrogen) atoms. The number of likely N-dealkylation sites (tertiary alicyclic amines) is 1. The normalized spacial score (nSPS) is 30.0. The number of hydrogen-bond donors (Lipinski definition) is 2. The summed E-state index contributed by atoms with van der Waals surface area (Å²) in [5.74, 6) is 0.778. The lowest BCUT2D eigenvalue weighted by atomic mass is 9.70. The van der Waals surface area contributed by atoms with E-state index >= 15 is 0 Å². The van der Waals surface area contributed by atoms with E-state index in [-0.39, 0.29) is 16.7 Å². The summed E-state index contributed by atoms with van der Waals surface area (Å²) >= 11 is 1.45.